The number of carboxylic acid groups (broad SMARTS) is 1. The van der Waals surface area contributed by atoms with E-state index in [2.05, 4.69) is 26.2 Å². The number of aromatic nitrogens is 1. The van der Waals surface area contributed by atoms with Gasteiger partial charge in [-0.3, -0.25) is 9.78 Å². The van der Waals surface area contributed by atoms with Crippen LogP contribution < -0.4 is 5.32 Å². The Kier molecular flexibility index (Phi) is 4.39. The second-order valence-electron chi connectivity index (χ2n) is 2.96. The summed E-state index contributed by atoms with van der Waals surface area (Å²) >= 11 is 3.15. The molecule has 1 amide bonds. The van der Waals surface area contributed by atoms with Crippen LogP contribution in [-0.4, -0.2) is 39.7 Å². The molecule has 1 heterocycles. The highest BCUT2D eigenvalue weighted by molar-refractivity contribution is 9.10. The van der Waals surface area contributed by atoms with Gasteiger partial charge < -0.3 is 15.5 Å². The van der Waals surface area contributed by atoms with Gasteiger partial charge in [0.25, 0.3) is 5.91 Å². The minimum atomic E-state index is -1.61. The normalized spacial score (nSPS) is 11.9. The fourth-order valence-corrected chi connectivity index (χ4v) is 1.28. The summed E-state index contributed by atoms with van der Waals surface area (Å²) in [5.41, 5.74) is 0.284. The zero-order valence-corrected chi connectivity index (χ0v) is 9.64. The number of nitrogens with one attached hydrogen (secondary N) is 1. The number of rotatable bonds is 4. The van der Waals surface area contributed by atoms with E-state index in [-0.39, 0.29) is 12.1 Å². The van der Waals surface area contributed by atoms with Crippen LogP contribution in [0.2, 0.25) is 0 Å². The number of pyridine rings is 1. The summed E-state index contributed by atoms with van der Waals surface area (Å²) in [6.07, 6.45) is 1.25. The van der Waals surface area contributed by atoms with Crippen LogP contribution in [0.25, 0.3) is 0 Å². The topological polar surface area (TPSA) is 99.5 Å². The van der Waals surface area contributed by atoms with Crippen molar-refractivity contribution in [3.63, 3.8) is 0 Å². The van der Waals surface area contributed by atoms with E-state index < -0.39 is 18.0 Å². The zero-order valence-electron chi connectivity index (χ0n) is 8.05. The van der Waals surface area contributed by atoms with Crippen LogP contribution in [0, 0.1) is 0 Å². The van der Waals surface area contributed by atoms with Gasteiger partial charge in [-0.05, 0) is 22.0 Å². The van der Waals surface area contributed by atoms with Gasteiger partial charge in [0, 0.05) is 16.9 Å². The van der Waals surface area contributed by atoms with E-state index in [0.717, 1.165) is 0 Å². The van der Waals surface area contributed by atoms with Crippen molar-refractivity contribution in [2.24, 2.45) is 0 Å². The average Bonchev–Trinajstić information content (AvgIpc) is 2.25. The molecular weight excluding hydrogens is 280 g/mol. The lowest BCUT2D eigenvalue weighted by molar-refractivity contribution is -0.146. The van der Waals surface area contributed by atoms with Crippen molar-refractivity contribution in [3.05, 3.63) is 28.5 Å². The van der Waals surface area contributed by atoms with Crippen LogP contribution in [0.4, 0.5) is 0 Å². The summed E-state index contributed by atoms with van der Waals surface area (Å²) in [7, 11) is 0. The van der Waals surface area contributed by atoms with Crippen LogP contribution in [0.3, 0.4) is 0 Å². The van der Waals surface area contributed by atoms with Gasteiger partial charge in [0.05, 0.1) is 12.1 Å². The van der Waals surface area contributed by atoms with E-state index >= 15 is 0 Å². The van der Waals surface area contributed by atoms with Crippen LogP contribution in [0.1, 0.15) is 10.4 Å². The molecule has 7 heteroatoms. The number of carbonyl (C=O) groups is 2. The van der Waals surface area contributed by atoms with Crippen LogP contribution in [0.5, 0.6) is 0 Å². The lowest BCUT2D eigenvalue weighted by Crippen LogP contribution is -2.36. The van der Waals surface area contributed by atoms with E-state index in [1.807, 2.05) is 0 Å². The molecule has 0 aliphatic heterocycles. The van der Waals surface area contributed by atoms with Gasteiger partial charge >= 0.3 is 5.97 Å². The zero-order chi connectivity index (χ0) is 12.1. The Morgan fingerprint density at radius 1 is 1.50 bits per heavy atom. The van der Waals surface area contributed by atoms with Crippen molar-refractivity contribution in [3.8, 4) is 0 Å². The molecule has 0 bridgehead atoms. The molecule has 1 aromatic heterocycles. The van der Waals surface area contributed by atoms with Crippen LogP contribution in [0.15, 0.2) is 22.9 Å². The van der Waals surface area contributed by atoms with Crippen molar-refractivity contribution in [1.82, 2.24) is 10.3 Å². The van der Waals surface area contributed by atoms with Gasteiger partial charge in [-0.2, -0.15) is 0 Å². The Bertz CT molecular complexity index is 410. The van der Waals surface area contributed by atoms with Gasteiger partial charge in [-0.25, -0.2) is 4.79 Å². The van der Waals surface area contributed by atoms with E-state index in [0.29, 0.717) is 4.47 Å². The number of aliphatic hydroxyl groups excluding tert-OH is 1. The molecule has 0 aliphatic carbocycles. The van der Waals surface area contributed by atoms with E-state index in [1.54, 1.807) is 0 Å². The summed E-state index contributed by atoms with van der Waals surface area (Å²) < 4.78 is 0.638. The first-order valence-corrected chi connectivity index (χ1v) is 5.09. The average molecular weight is 289 g/mol. The molecule has 0 saturated carbocycles. The van der Waals surface area contributed by atoms with Crippen molar-refractivity contribution < 1.29 is 19.8 Å². The number of hydrogen-bond acceptors (Lipinski definition) is 4. The van der Waals surface area contributed by atoms with Gasteiger partial charge in [0.2, 0.25) is 0 Å². The third-order valence-electron chi connectivity index (χ3n) is 1.71. The summed E-state index contributed by atoms with van der Waals surface area (Å²) in [4.78, 5) is 25.5. The first-order chi connectivity index (χ1) is 7.50. The molecule has 0 radical (unpaired) electrons. The molecule has 0 aromatic carbocycles. The number of aliphatic hydroxyl groups is 1. The molecule has 0 unspecified atom stereocenters. The Morgan fingerprint density at radius 3 is 2.75 bits per heavy atom. The highest BCUT2D eigenvalue weighted by atomic mass is 79.9. The van der Waals surface area contributed by atoms with Crippen LogP contribution >= 0.6 is 15.9 Å². The lowest BCUT2D eigenvalue weighted by atomic mass is 10.2. The molecule has 1 aromatic rings. The Labute approximate surface area is 99.4 Å². The highest BCUT2D eigenvalue weighted by Crippen LogP contribution is 2.09. The molecule has 1 rings (SSSR count). The number of carbonyl (C=O) groups excluding carboxylic acids is 1. The molecule has 6 nitrogen and oxygen atoms in total. The maximum absolute atomic E-state index is 11.4. The number of carboxylic acids is 1. The number of nitrogens with zero attached hydrogens (tertiary/aromatic N) is 1. The molecule has 0 spiro atoms. The smallest absolute Gasteiger partial charge is 0.334 e. The van der Waals surface area contributed by atoms with Crippen molar-refractivity contribution in [2.75, 3.05) is 6.54 Å². The Balaban J connectivity index is 2.56. The van der Waals surface area contributed by atoms with Gasteiger partial charge in [-0.1, -0.05) is 0 Å². The Morgan fingerprint density at radius 2 is 2.19 bits per heavy atom. The third kappa shape index (κ3) is 3.59. The van der Waals surface area contributed by atoms with Crippen molar-refractivity contribution in [2.45, 2.75) is 6.10 Å². The first-order valence-electron chi connectivity index (χ1n) is 4.30. The molecule has 0 fully saturated rings. The molecule has 0 aliphatic rings. The minimum Gasteiger partial charge on any atom is -0.479 e. The monoisotopic (exact) mass is 288 g/mol. The first kappa shape index (κ1) is 12.6. The predicted molar refractivity (Wildman–Crippen MR) is 57.9 cm³/mol. The summed E-state index contributed by atoms with van der Waals surface area (Å²) in [6, 6.07) is 1.54. The summed E-state index contributed by atoms with van der Waals surface area (Å²) in [5, 5.41) is 19.6. The molecule has 0 saturated heterocycles. The predicted octanol–water partition coefficient (Wildman–Crippen LogP) is 0.0194. The maximum atomic E-state index is 11.4. The number of hydrogen-bond donors (Lipinski definition) is 3. The number of halogens is 1. The van der Waals surface area contributed by atoms with E-state index in [9.17, 15) is 9.59 Å². The largest absolute Gasteiger partial charge is 0.479 e. The molecular formula is C9H9BrN2O4. The quantitative estimate of drug-likeness (QED) is 0.725. The second-order valence-corrected chi connectivity index (χ2v) is 3.87. The van der Waals surface area contributed by atoms with Gasteiger partial charge in [0.15, 0.2) is 6.10 Å². The molecule has 86 valence electrons. The van der Waals surface area contributed by atoms with E-state index in [4.69, 9.17) is 10.2 Å². The maximum Gasteiger partial charge on any atom is 0.334 e. The fraction of sp³-hybridized carbons (Fsp3) is 0.222. The van der Waals surface area contributed by atoms with E-state index in [1.165, 1.54) is 18.5 Å². The van der Waals surface area contributed by atoms with Gasteiger partial charge in [-0.15, -0.1) is 0 Å². The standard InChI is InChI=1S/C9H9BrN2O4/c10-6-1-5(2-11-3-6)8(14)12-4-7(13)9(15)16/h1-3,7,13H,4H2,(H,12,14)(H,15,16)/t7-/m0/s1. The van der Waals surface area contributed by atoms with Crippen molar-refractivity contribution >= 4 is 27.8 Å². The number of aliphatic carboxylic acids is 1. The minimum absolute atomic E-state index is 0.284. The third-order valence-corrected chi connectivity index (χ3v) is 2.14. The SMILES string of the molecule is O=C(NC[C@H](O)C(=O)O)c1cncc(Br)c1. The fourth-order valence-electron chi connectivity index (χ4n) is 0.915. The number of amides is 1. The van der Waals surface area contributed by atoms with Crippen LogP contribution in [-0.2, 0) is 4.79 Å². The highest BCUT2D eigenvalue weighted by Gasteiger charge is 2.14. The molecule has 3 N–H and O–H groups in total. The summed E-state index contributed by atoms with van der Waals surface area (Å²) in [6.45, 7) is -0.347. The molecule has 16 heavy (non-hydrogen) atoms. The lowest BCUT2D eigenvalue weighted by Gasteiger charge is -2.07. The van der Waals surface area contributed by atoms with Crippen molar-refractivity contribution in [1.29, 1.82) is 0 Å². The van der Waals surface area contributed by atoms with Gasteiger partial charge in [0.1, 0.15) is 0 Å². The summed E-state index contributed by atoms with van der Waals surface area (Å²) in [5.74, 6) is -1.87. The Hall–Kier alpha value is -1.47. The second kappa shape index (κ2) is 5.57. The molecule has 1 atom stereocenters.